The van der Waals surface area contributed by atoms with Crippen molar-refractivity contribution in [2.45, 2.75) is 0 Å². The molecule has 0 atom stereocenters. The van der Waals surface area contributed by atoms with E-state index in [4.69, 9.17) is 5.11 Å². The lowest BCUT2D eigenvalue weighted by Gasteiger charge is -1.87. The van der Waals surface area contributed by atoms with Crippen LogP contribution in [0.4, 0.5) is 5.69 Å². The molecule has 0 bridgehead atoms. The van der Waals surface area contributed by atoms with E-state index in [9.17, 15) is 14.9 Å². The van der Waals surface area contributed by atoms with Crippen molar-refractivity contribution in [3.05, 3.63) is 28.1 Å². The Kier molecular flexibility index (Phi) is 1.59. The maximum absolute atomic E-state index is 10.3. The number of hydrogen-bond acceptors (Lipinski definition) is 3. The third-order valence-electron chi connectivity index (χ3n) is 1.14. The van der Waals surface area contributed by atoms with Crippen LogP contribution in [-0.4, -0.2) is 21.0 Å². The molecule has 58 valence electrons. The van der Waals surface area contributed by atoms with Gasteiger partial charge in [0.05, 0.1) is 4.92 Å². The van der Waals surface area contributed by atoms with Crippen LogP contribution in [0.2, 0.25) is 0 Å². The Balaban J connectivity index is 3.16. The second-order valence-corrected chi connectivity index (χ2v) is 1.80. The van der Waals surface area contributed by atoms with E-state index in [1.54, 1.807) is 0 Å². The molecule has 0 saturated heterocycles. The first kappa shape index (κ1) is 7.26. The van der Waals surface area contributed by atoms with Gasteiger partial charge >= 0.3 is 11.7 Å². The zero-order valence-electron chi connectivity index (χ0n) is 5.27. The monoisotopic (exact) mass is 156 g/mol. The number of nitro groups is 1. The Labute approximate surface area is 60.6 Å². The molecule has 0 spiro atoms. The van der Waals surface area contributed by atoms with Crippen molar-refractivity contribution >= 4 is 11.7 Å². The minimum atomic E-state index is -1.33. The number of hydrogen-bond donors (Lipinski definition) is 2. The minimum Gasteiger partial charge on any atom is -0.476 e. The summed E-state index contributed by atoms with van der Waals surface area (Å²) in [6, 6.07) is 1.10. The van der Waals surface area contributed by atoms with E-state index in [2.05, 4.69) is 4.98 Å². The molecule has 1 heterocycles. The minimum absolute atomic E-state index is 0.394. The quantitative estimate of drug-likeness (QED) is 0.484. The van der Waals surface area contributed by atoms with E-state index in [1.807, 2.05) is 0 Å². The Hall–Kier alpha value is -1.85. The van der Waals surface area contributed by atoms with Gasteiger partial charge in [0.1, 0.15) is 0 Å². The molecule has 0 aliphatic carbocycles. The van der Waals surface area contributed by atoms with Gasteiger partial charge in [-0.2, -0.15) is 0 Å². The maximum atomic E-state index is 10.3. The van der Waals surface area contributed by atoms with E-state index in [1.165, 1.54) is 6.20 Å². The Morgan fingerprint density at radius 2 is 2.36 bits per heavy atom. The number of aromatic amines is 1. The first-order valence-electron chi connectivity index (χ1n) is 2.68. The molecule has 1 rings (SSSR count). The molecule has 0 fully saturated rings. The molecule has 2 N–H and O–H groups in total. The van der Waals surface area contributed by atoms with Crippen molar-refractivity contribution in [2.75, 3.05) is 0 Å². The van der Waals surface area contributed by atoms with Crippen LogP contribution in [0.15, 0.2) is 12.3 Å². The van der Waals surface area contributed by atoms with Gasteiger partial charge in [-0.1, -0.05) is 0 Å². The summed E-state index contributed by atoms with van der Waals surface area (Å²) >= 11 is 0. The molecular weight excluding hydrogens is 152 g/mol. The van der Waals surface area contributed by atoms with Crippen molar-refractivity contribution in [2.24, 2.45) is 0 Å². The molecule has 0 radical (unpaired) electrons. The van der Waals surface area contributed by atoms with Gasteiger partial charge in [-0.3, -0.25) is 10.1 Å². The Morgan fingerprint density at radius 3 is 2.73 bits per heavy atom. The van der Waals surface area contributed by atoms with Crippen LogP contribution in [0, 0.1) is 10.1 Å². The average Bonchev–Trinajstić information content (AvgIpc) is 2.32. The van der Waals surface area contributed by atoms with E-state index in [0.717, 1.165) is 6.07 Å². The summed E-state index contributed by atoms with van der Waals surface area (Å²) in [5.41, 5.74) is -0.812. The van der Waals surface area contributed by atoms with Crippen LogP contribution in [0.25, 0.3) is 0 Å². The summed E-state index contributed by atoms with van der Waals surface area (Å²) < 4.78 is 0. The van der Waals surface area contributed by atoms with E-state index in [0.29, 0.717) is 0 Å². The topological polar surface area (TPSA) is 96.2 Å². The smallest absolute Gasteiger partial charge is 0.359 e. The summed E-state index contributed by atoms with van der Waals surface area (Å²) in [4.78, 5) is 21.9. The highest BCUT2D eigenvalue weighted by Gasteiger charge is 2.19. The number of rotatable bonds is 2. The fourth-order valence-corrected chi connectivity index (χ4v) is 0.685. The molecule has 1 aromatic heterocycles. The van der Waals surface area contributed by atoms with Gasteiger partial charge in [0, 0.05) is 12.3 Å². The number of carboxylic acid groups (broad SMARTS) is 1. The third kappa shape index (κ3) is 1.18. The standard InChI is InChI=1S/C5H4N2O4/c8-5(9)4-3(7(10)11)1-2-6-4/h1-2,6H,(H,8,9). The van der Waals surface area contributed by atoms with Gasteiger partial charge in [0.15, 0.2) is 0 Å². The maximum Gasteiger partial charge on any atom is 0.359 e. The van der Waals surface area contributed by atoms with Crippen molar-refractivity contribution in [3.63, 3.8) is 0 Å². The van der Waals surface area contributed by atoms with Gasteiger partial charge in [0.2, 0.25) is 5.69 Å². The van der Waals surface area contributed by atoms with E-state index < -0.39 is 22.3 Å². The summed E-state index contributed by atoms with van der Waals surface area (Å²) in [5.74, 6) is -1.33. The second-order valence-electron chi connectivity index (χ2n) is 1.80. The van der Waals surface area contributed by atoms with E-state index >= 15 is 0 Å². The van der Waals surface area contributed by atoms with E-state index in [-0.39, 0.29) is 0 Å². The normalized spacial score (nSPS) is 9.45. The van der Waals surface area contributed by atoms with Crippen LogP contribution in [0.1, 0.15) is 10.5 Å². The number of carboxylic acids is 1. The number of H-pyrrole nitrogens is 1. The van der Waals surface area contributed by atoms with Gasteiger partial charge in [-0.05, 0) is 0 Å². The first-order valence-corrected chi connectivity index (χ1v) is 2.68. The summed E-state index contributed by atoms with van der Waals surface area (Å²) in [6.45, 7) is 0. The lowest BCUT2D eigenvalue weighted by atomic mass is 10.4. The number of nitrogens with zero attached hydrogens (tertiary/aromatic N) is 1. The number of carbonyl (C=O) groups is 1. The molecule has 0 aliphatic rings. The molecule has 6 nitrogen and oxygen atoms in total. The molecule has 0 aromatic carbocycles. The molecule has 6 heteroatoms. The highest BCUT2D eigenvalue weighted by molar-refractivity contribution is 5.90. The van der Waals surface area contributed by atoms with Gasteiger partial charge in [-0.25, -0.2) is 4.79 Å². The predicted molar refractivity (Wildman–Crippen MR) is 34.4 cm³/mol. The first-order chi connectivity index (χ1) is 5.13. The van der Waals surface area contributed by atoms with Crippen LogP contribution >= 0.6 is 0 Å². The molecule has 1 aromatic rings. The predicted octanol–water partition coefficient (Wildman–Crippen LogP) is 0.621. The summed E-state index contributed by atoms with van der Waals surface area (Å²) in [6.07, 6.45) is 1.21. The molecule has 0 aliphatic heterocycles. The highest BCUT2D eigenvalue weighted by atomic mass is 16.6. The number of aromatic nitrogens is 1. The number of nitrogens with one attached hydrogen (secondary N) is 1. The van der Waals surface area contributed by atoms with Crippen molar-refractivity contribution in [1.82, 2.24) is 4.98 Å². The van der Waals surface area contributed by atoms with Crippen molar-refractivity contribution in [3.8, 4) is 0 Å². The summed E-state index contributed by atoms with van der Waals surface area (Å²) in [5, 5.41) is 18.5. The average molecular weight is 156 g/mol. The molecular formula is C5H4N2O4. The lowest BCUT2D eigenvalue weighted by molar-refractivity contribution is -0.385. The second kappa shape index (κ2) is 2.41. The SMILES string of the molecule is O=C(O)c1[nH]ccc1[N+](=O)[O-]. The van der Waals surface area contributed by atoms with Gasteiger partial charge in [0.25, 0.3) is 0 Å². The summed E-state index contributed by atoms with van der Waals surface area (Å²) in [7, 11) is 0. The Morgan fingerprint density at radius 1 is 1.73 bits per heavy atom. The highest BCUT2D eigenvalue weighted by Crippen LogP contribution is 2.15. The molecule has 11 heavy (non-hydrogen) atoms. The van der Waals surface area contributed by atoms with Gasteiger partial charge < -0.3 is 10.1 Å². The zero-order valence-corrected chi connectivity index (χ0v) is 5.27. The van der Waals surface area contributed by atoms with Crippen LogP contribution < -0.4 is 0 Å². The molecule has 0 unspecified atom stereocenters. The molecule has 0 saturated carbocycles. The van der Waals surface area contributed by atoms with Crippen LogP contribution in [0.5, 0.6) is 0 Å². The molecule has 0 amide bonds. The third-order valence-corrected chi connectivity index (χ3v) is 1.14. The number of aromatic carboxylic acids is 1. The van der Waals surface area contributed by atoms with Crippen molar-refractivity contribution < 1.29 is 14.8 Å². The fourth-order valence-electron chi connectivity index (χ4n) is 0.685. The van der Waals surface area contributed by atoms with Crippen LogP contribution in [-0.2, 0) is 0 Å². The van der Waals surface area contributed by atoms with Gasteiger partial charge in [-0.15, -0.1) is 0 Å². The van der Waals surface area contributed by atoms with Crippen LogP contribution in [0.3, 0.4) is 0 Å². The van der Waals surface area contributed by atoms with Crippen molar-refractivity contribution in [1.29, 1.82) is 0 Å². The lowest BCUT2D eigenvalue weighted by Crippen LogP contribution is -2.00. The Bertz CT molecular complexity index is 275. The largest absolute Gasteiger partial charge is 0.476 e. The fraction of sp³-hybridized carbons (Fsp3) is 0. The zero-order chi connectivity index (χ0) is 8.43.